The summed E-state index contributed by atoms with van der Waals surface area (Å²) in [5.74, 6) is 0.640. The Kier molecular flexibility index (Phi) is 3.17. The van der Waals surface area contributed by atoms with E-state index in [0.29, 0.717) is 22.7 Å². The van der Waals surface area contributed by atoms with Crippen LogP contribution in [-0.4, -0.2) is 21.4 Å². The smallest absolute Gasteiger partial charge is 0.311 e. The number of aromatic nitrogens is 2. The summed E-state index contributed by atoms with van der Waals surface area (Å²) in [5.41, 5.74) is 8.85. The van der Waals surface area contributed by atoms with E-state index in [1.54, 1.807) is 16.5 Å². The SMILES string of the molecule is COc1ccc(-c2nc3cc(C)ccn3c2N)cc1[N+](=O)[O-]. The highest BCUT2D eigenvalue weighted by molar-refractivity contribution is 5.77. The van der Waals surface area contributed by atoms with Crippen LogP contribution in [-0.2, 0) is 0 Å². The fraction of sp³-hybridized carbons (Fsp3) is 0.133. The Morgan fingerprint density at radius 3 is 2.77 bits per heavy atom. The molecule has 0 bridgehead atoms. The summed E-state index contributed by atoms with van der Waals surface area (Å²) in [4.78, 5) is 15.1. The maximum Gasteiger partial charge on any atom is 0.311 e. The molecule has 3 rings (SSSR count). The summed E-state index contributed by atoms with van der Waals surface area (Å²) in [6.07, 6.45) is 1.83. The Hall–Kier alpha value is -3.09. The van der Waals surface area contributed by atoms with Crippen LogP contribution in [0.1, 0.15) is 5.56 Å². The standard InChI is InChI=1S/C15H14N4O3/c1-9-5-6-18-13(7-9)17-14(15(18)16)10-3-4-12(22-2)11(8-10)19(20)21/h3-8H,16H2,1-2H3. The lowest BCUT2D eigenvalue weighted by atomic mass is 10.1. The predicted octanol–water partition coefficient (Wildman–Crippen LogP) is 2.81. The molecule has 1 aromatic carbocycles. The van der Waals surface area contributed by atoms with Gasteiger partial charge in [-0.15, -0.1) is 0 Å². The van der Waals surface area contributed by atoms with Crippen molar-refractivity contribution in [2.24, 2.45) is 0 Å². The van der Waals surface area contributed by atoms with Gasteiger partial charge in [-0.2, -0.15) is 0 Å². The van der Waals surface area contributed by atoms with Gasteiger partial charge in [0.2, 0.25) is 0 Å². The second-order valence-electron chi connectivity index (χ2n) is 4.92. The van der Waals surface area contributed by atoms with Gasteiger partial charge in [-0.25, -0.2) is 4.98 Å². The number of hydrogen-bond donors (Lipinski definition) is 1. The molecular weight excluding hydrogens is 284 g/mol. The van der Waals surface area contributed by atoms with Gasteiger partial charge in [-0.05, 0) is 36.8 Å². The van der Waals surface area contributed by atoms with E-state index in [1.807, 2.05) is 25.3 Å². The molecule has 0 radical (unpaired) electrons. The van der Waals surface area contributed by atoms with Crippen molar-refractivity contribution in [2.45, 2.75) is 6.92 Å². The summed E-state index contributed by atoms with van der Waals surface area (Å²) in [6, 6.07) is 8.49. The molecule has 7 heteroatoms. The average Bonchev–Trinajstić information content (AvgIpc) is 2.82. The molecule has 2 aromatic heterocycles. The molecule has 2 N–H and O–H groups in total. The molecule has 0 aliphatic carbocycles. The van der Waals surface area contributed by atoms with Gasteiger partial charge in [0, 0.05) is 17.8 Å². The van der Waals surface area contributed by atoms with E-state index in [4.69, 9.17) is 10.5 Å². The number of nitro benzene ring substituents is 1. The molecule has 22 heavy (non-hydrogen) atoms. The fourth-order valence-corrected chi connectivity index (χ4v) is 2.36. The van der Waals surface area contributed by atoms with Crippen LogP contribution in [0.15, 0.2) is 36.5 Å². The number of aryl methyl sites for hydroxylation is 1. The molecule has 0 fully saturated rings. The van der Waals surface area contributed by atoms with Crippen molar-refractivity contribution in [1.29, 1.82) is 0 Å². The third kappa shape index (κ3) is 2.12. The summed E-state index contributed by atoms with van der Waals surface area (Å²) >= 11 is 0. The van der Waals surface area contributed by atoms with Crippen LogP contribution in [0.5, 0.6) is 5.75 Å². The van der Waals surface area contributed by atoms with Crippen molar-refractivity contribution in [3.05, 3.63) is 52.2 Å². The van der Waals surface area contributed by atoms with E-state index in [0.717, 1.165) is 5.56 Å². The number of ether oxygens (including phenoxy) is 1. The van der Waals surface area contributed by atoms with Gasteiger partial charge in [-0.3, -0.25) is 14.5 Å². The normalized spacial score (nSPS) is 10.8. The number of methoxy groups -OCH3 is 1. The van der Waals surface area contributed by atoms with Crippen LogP contribution in [0.3, 0.4) is 0 Å². The van der Waals surface area contributed by atoms with Gasteiger partial charge in [0.25, 0.3) is 0 Å². The molecule has 0 saturated carbocycles. The summed E-state index contributed by atoms with van der Waals surface area (Å²) < 4.78 is 6.75. The molecule has 0 aliphatic rings. The minimum atomic E-state index is -0.488. The molecule has 2 heterocycles. The molecule has 0 atom stereocenters. The quantitative estimate of drug-likeness (QED) is 0.592. The van der Waals surface area contributed by atoms with Crippen LogP contribution >= 0.6 is 0 Å². The summed E-state index contributed by atoms with van der Waals surface area (Å²) in [5, 5.41) is 11.1. The highest BCUT2D eigenvalue weighted by Crippen LogP contribution is 2.34. The minimum Gasteiger partial charge on any atom is -0.490 e. The van der Waals surface area contributed by atoms with Gasteiger partial charge < -0.3 is 10.5 Å². The highest BCUT2D eigenvalue weighted by Gasteiger charge is 2.19. The molecule has 0 unspecified atom stereocenters. The first-order valence-corrected chi connectivity index (χ1v) is 6.58. The first kappa shape index (κ1) is 13.9. The number of imidazole rings is 1. The van der Waals surface area contributed by atoms with Crippen LogP contribution in [0.4, 0.5) is 11.5 Å². The predicted molar refractivity (Wildman–Crippen MR) is 83.0 cm³/mol. The third-order valence-corrected chi connectivity index (χ3v) is 3.47. The van der Waals surface area contributed by atoms with Crippen LogP contribution in [0.2, 0.25) is 0 Å². The van der Waals surface area contributed by atoms with E-state index in [2.05, 4.69) is 4.98 Å². The van der Waals surface area contributed by atoms with E-state index < -0.39 is 4.92 Å². The van der Waals surface area contributed by atoms with Gasteiger partial charge >= 0.3 is 5.69 Å². The third-order valence-electron chi connectivity index (χ3n) is 3.47. The first-order chi connectivity index (χ1) is 10.5. The molecule has 112 valence electrons. The van der Waals surface area contributed by atoms with Crippen molar-refractivity contribution in [2.75, 3.05) is 12.8 Å². The number of nitrogen functional groups attached to an aromatic ring is 1. The molecule has 7 nitrogen and oxygen atoms in total. The number of fused-ring (bicyclic) bond motifs is 1. The number of pyridine rings is 1. The molecular formula is C15H14N4O3. The number of nitro groups is 1. The van der Waals surface area contributed by atoms with Crippen LogP contribution < -0.4 is 10.5 Å². The second-order valence-corrected chi connectivity index (χ2v) is 4.92. The number of anilines is 1. The van der Waals surface area contributed by atoms with Crippen molar-refractivity contribution < 1.29 is 9.66 Å². The lowest BCUT2D eigenvalue weighted by Crippen LogP contribution is -1.96. The zero-order valence-corrected chi connectivity index (χ0v) is 12.1. The minimum absolute atomic E-state index is 0.118. The molecule has 0 saturated heterocycles. The topological polar surface area (TPSA) is 95.7 Å². The highest BCUT2D eigenvalue weighted by atomic mass is 16.6. The Labute approximate surface area is 126 Å². The molecule has 3 aromatic rings. The Balaban J connectivity index is 2.21. The van der Waals surface area contributed by atoms with Gasteiger partial charge in [0.05, 0.1) is 12.0 Å². The second kappa shape index (κ2) is 5.03. The van der Waals surface area contributed by atoms with E-state index in [-0.39, 0.29) is 11.4 Å². The first-order valence-electron chi connectivity index (χ1n) is 6.58. The molecule has 0 spiro atoms. The lowest BCUT2D eigenvalue weighted by molar-refractivity contribution is -0.385. The van der Waals surface area contributed by atoms with Gasteiger partial charge in [-0.1, -0.05) is 0 Å². The maximum absolute atomic E-state index is 11.1. The van der Waals surface area contributed by atoms with Gasteiger partial charge in [0.1, 0.15) is 17.2 Å². The molecule has 0 aliphatic heterocycles. The van der Waals surface area contributed by atoms with E-state index >= 15 is 0 Å². The Bertz CT molecular complexity index is 886. The number of rotatable bonds is 3. The lowest BCUT2D eigenvalue weighted by Gasteiger charge is -2.04. The monoisotopic (exact) mass is 298 g/mol. The number of hydrogen-bond acceptors (Lipinski definition) is 5. The molecule has 0 amide bonds. The zero-order valence-electron chi connectivity index (χ0n) is 12.1. The maximum atomic E-state index is 11.1. The van der Waals surface area contributed by atoms with E-state index in [1.165, 1.54) is 13.2 Å². The largest absolute Gasteiger partial charge is 0.490 e. The van der Waals surface area contributed by atoms with Crippen LogP contribution in [0, 0.1) is 17.0 Å². The van der Waals surface area contributed by atoms with Crippen LogP contribution in [0.25, 0.3) is 16.9 Å². The van der Waals surface area contributed by atoms with Gasteiger partial charge in [0.15, 0.2) is 5.75 Å². The average molecular weight is 298 g/mol. The number of nitrogens with two attached hydrogens (primary N) is 1. The number of nitrogens with zero attached hydrogens (tertiary/aromatic N) is 3. The Morgan fingerprint density at radius 2 is 2.09 bits per heavy atom. The fourth-order valence-electron chi connectivity index (χ4n) is 2.36. The zero-order chi connectivity index (χ0) is 15.9. The summed E-state index contributed by atoms with van der Waals surface area (Å²) in [7, 11) is 1.39. The summed E-state index contributed by atoms with van der Waals surface area (Å²) in [6.45, 7) is 1.96. The van der Waals surface area contributed by atoms with Crippen molar-refractivity contribution in [1.82, 2.24) is 9.38 Å². The van der Waals surface area contributed by atoms with Crippen molar-refractivity contribution in [3.8, 4) is 17.0 Å². The number of benzene rings is 1. The van der Waals surface area contributed by atoms with Crippen molar-refractivity contribution in [3.63, 3.8) is 0 Å². The van der Waals surface area contributed by atoms with Crippen molar-refractivity contribution >= 4 is 17.2 Å². The van der Waals surface area contributed by atoms with E-state index in [9.17, 15) is 10.1 Å². The Morgan fingerprint density at radius 1 is 1.32 bits per heavy atom.